The van der Waals surface area contributed by atoms with Gasteiger partial charge in [0.05, 0.1) is 0 Å². The van der Waals surface area contributed by atoms with Crippen molar-refractivity contribution < 1.29 is 0 Å². The molecule has 0 aromatic heterocycles. The fourth-order valence-electron chi connectivity index (χ4n) is 2.38. The zero-order valence-electron chi connectivity index (χ0n) is 7.72. The van der Waals surface area contributed by atoms with Crippen molar-refractivity contribution in [2.24, 2.45) is 11.7 Å². The Hall–Kier alpha value is 0.310. The normalized spacial score (nSPS) is 34.2. The maximum absolute atomic E-state index is 6.22. The van der Waals surface area contributed by atoms with Gasteiger partial charge in [0.15, 0.2) is 0 Å². The van der Waals surface area contributed by atoms with Crippen LogP contribution in [0.3, 0.4) is 0 Å². The van der Waals surface area contributed by atoms with Crippen LogP contribution in [0.2, 0.25) is 0 Å². The van der Waals surface area contributed by atoms with Crippen molar-refractivity contribution in [1.29, 1.82) is 0 Å². The van der Waals surface area contributed by atoms with E-state index in [1.165, 1.54) is 50.0 Å². The summed E-state index contributed by atoms with van der Waals surface area (Å²) >= 11 is 2.12. The van der Waals surface area contributed by atoms with Gasteiger partial charge in [0.1, 0.15) is 0 Å². The lowest BCUT2D eigenvalue weighted by Crippen LogP contribution is -2.48. The Morgan fingerprint density at radius 1 is 1.33 bits per heavy atom. The summed E-state index contributed by atoms with van der Waals surface area (Å²) in [5.74, 6) is 3.70. The number of hydrogen-bond donors (Lipinski definition) is 1. The summed E-state index contributed by atoms with van der Waals surface area (Å²) in [6.45, 7) is 0. The molecule has 0 radical (unpaired) electrons. The van der Waals surface area contributed by atoms with E-state index in [0.29, 0.717) is 0 Å². The molecular formula is C10H19NS. The van der Waals surface area contributed by atoms with Crippen LogP contribution < -0.4 is 5.73 Å². The minimum Gasteiger partial charge on any atom is -0.325 e. The fraction of sp³-hybridized carbons (Fsp3) is 1.00. The molecule has 1 saturated heterocycles. The van der Waals surface area contributed by atoms with Gasteiger partial charge in [0, 0.05) is 5.54 Å². The van der Waals surface area contributed by atoms with Crippen molar-refractivity contribution in [2.75, 3.05) is 11.5 Å². The Morgan fingerprint density at radius 3 is 2.67 bits per heavy atom. The van der Waals surface area contributed by atoms with E-state index in [1.807, 2.05) is 0 Å². The highest BCUT2D eigenvalue weighted by atomic mass is 32.2. The molecule has 1 saturated carbocycles. The first-order chi connectivity index (χ1) is 5.79. The Morgan fingerprint density at radius 2 is 2.17 bits per heavy atom. The molecule has 0 spiro atoms. The van der Waals surface area contributed by atoms with Crippen LogP contribution in [0.15, 0.2) is 0 Å². The summed E-state index contributed by atoms with van der Waals surface area (Å²) in [6, 6.07) is 0. The minimum absolute atomic E-state index is 0.266. The highest BCUT2D eigenvalue weighted by Gasteiger charge is 2.34. The first-order valence-corrected chi connectivity index (χ1v) is 6.31. The van der Waals surface area contributed by atoms with Gasteiger partial charge in [-0.25, -0.2) is 0 Å². The van der Waals surface area contributed by atoms with Gasteiger partial charge in [-0.3, -0.25) is 0 Å². The van der Waals surface area contributed by atoms with Gasteiger partial charge < -0.3 is 5.73 Å². The van der Waals surface area contributed by atoms with Gasteiger partial charge in [-0.15, -0.1) is 0 Å². The van der Waals surface area contributed by atoms with Crippen LogP contribution in [0.5, 0.6) is 0 Å². The van der Waals surface area contributed by atoms with Crippen LogP contribution in [0.25, 0.3) is 0 Å². The van der Waals surface area contributed by atoms with Gasteiger partial charge in [0.25, 0.3) is 0 Å². The third-order valence-electron chi connectivity index (χ3n) is 3.30. The van der Waals surface area contributed by atoms with Gasteiger partial charge >= 0.3 is 0 Å². The quantitative estimate of drug-likeness (QED) is 0.715. The predicted octanol–water partition coefficient (Wildman–Crippen LogP) is 2.40. The Balaban J connectivity index is 1.77. The highest BCUT2D eigenvalue weighted by Crippen LogP contribution is 2.38. The third kappa shape index (κ3) is 1.97. The number of hydrogen-bond acceptors (Lipinski definition) is 2. The number of nitrogens with two attached hydrogens (primary N) is 1. The van der Waals surface area contributed by atoms with Crippen molar-refractivity contribution in [2.45, 2.75) is 44.1 Å². The summed E-state index contributed by atoms with van der Waals surface area (Å²) in [5, 5.41) is 0. The standard InChI is InChI=1S/C10H19NS/c11-10(4-2-5-10)7-9-3-1-6-12-8-9/h9H,1-8,11H2. The molecule has 1 aliphatic heterocycles. The monoisotopic (exact) mass is 185 g/mol. The van der Waals surface area contributed by atoms with E-state index in [1.54, 1.807) is 0 Å². The molecule has 2 heteroatoms. The van der Waals surface area contributed by atoms with Gasteiger partial charge in [-0.2, -0.15) is 11.8 Å². The van der Waals surface area contributed by atoms with E-state index in [4.69, 9.17) is 5.73 Å². The molecule has 2 fully saturated rings. The Kier molecular flexibility index (Phi) is 2.66. The van der Waals surface area contributed by atoms with Crippen molar-refractivity contribution in [3.63, 3.8) is 0 Å². The molecule has 2 aliphatic rings. The summed E-state index contributed by atoms with van der Waals surface area (Å²) in [7, 11) is 0. The second kappa shape index (κ2) is 3.59. The largest absolute Gasteiger partial charge is 0.325 e. The molecule has 2 rings (SSSR count). The summed E-state index contributed by atoms with van der Waals surface area (Å²) < 4.78 is 0. The molecule has 2 N–H and O–H groups in total. The van der Waals surface area contributed by atoms with E-state index in [2.05, 4.69) is 11.8 Å². The maximum Gasteiger partial charge on any atom is 0.0157 e. The smallest absolute Gasteiger partial charge is 0.0157 e. The van der Waals surface area contributed by atoms with E-state index in [0.717, 1.165) is 5.92 Å². The van der Waals surface area contributed by atoms with Gasteiger partial charge in [-0.05, 0) is 55.9 Å². The van der Waals surface area contributed by atoms with Crippen LogP contribution in [-0.2, 0) is 0 Å². The minimum atomic E-state index is 0.266. The molecule has 0 amide bonds. The molecule has 0 aromatic rings. The zero-order valence-corrected chi connectivity index (χ0v) is 8.54. The van der Waals surface area contributed by atoms with Crippen LogP contribution in [0, 0.1) is 5.92 Å². The second-order valence-electron chi connectivity index (χ2n) is 4.50. The van der Waals surface area contributed by atoms with E-state index in [9.17, 15) is 0 Å². The molecule has 0 bridgehead atoms. The average molecular weight is 185 g/mol. The van der Waals surface area contributed by atoms with Gasteiger partial charge in [0.2, 0.25) is 0 Å². The molecule has 0 aromatic carbocycles. The predicted molar refractivity (Wildman–Crippen MR) is 55.4 cm³/mol. The first kappa shape index (κ1) is 8.89. The maximum atomic E-state index is 6.22. The highest BCUT2D eigenvalue weighted by molar-refractivity contribution is 7.99. The first-order valence-electron chi connectivity index (χ1n) is 5.15. The molecule has 1 unspecified atom stereocenters. The lowest BCUT2D eigenvalue weighted by molar-refractivity contribution is 0.197. The molecule has 70 valence electrons. The summed E-state index contributed by atoms with van der Waals surface area (Å²) in [5.41, 5.74) is 6.49. The summed E-state index contributed by atoms with van der Waals surface area (Å²) in [6.07, 6.45) is 8.11. The van der Waals surface area contributed by atoms with Crippen LogP contribution >= 0.6 is 11.8 Å². The molecule has 1 heterocycles. The fourth-order valence-corrected chi connectivity index (χ4v) is 3.53. The number of rotatable bonds is 2. The van der Waals surface area contributed by atoms with Crippen LogP contribution in [-0.4, -0.2) is 17.0 Å². The van der Waals surface area contributed by atoms with Crippen molar-refractivity contribution in [1.82, 2.24) is 0 Å². The van der Waals surface area contributed by atoms with Crippen molar-refractivity contribution >= 4 is 11.8 Å². The second-order valence-corrected chi connectivity index (χ2v) is 5.65. The van der Waals surface area contributed by atoms with Gasteiger partial charge in [-0.1, -0.05) is 0 Å². The van der Waals surface area contributed by atoms with E-state index < -0.39 is 0 Å². The molecule has 1 nitrogen and oxygen atoms in total. The number of thioether (sulfide) groups is 1. The lowest BCUT2D eigenvalue weighted by atomic mass is 9.72. The average Bonchev–Trinajstić information content (AvgIpc) is 2.04. The molecule has 1 atom stereocenters. The van der Waals surface area contributed by atoms with Crippen molar-refractivity contribution in [3.05, 3.63) is 0 Å². The molecule has 12 heavy (non-hydrogen) atoms. The Labute approximate surface area is 79.5 Å². The third-order valence-corrected chi connectivity index (χ3v) is 4.58. The SMILES string of the molecule is NC1(CC2CCCSC2)CCC1. The Bertz CT molecular complexity index is 148. The van der Waals surface area contributed by atoms with Crippen LogP contribution in [0.1, 0.15) is 38.5 Å². The zero-order chi connectivity index (χ0) is 8.44. The van der Waals surface area contributed by atoms with E-state index in [-0.39, 0.29) is 5.54 Å². The van der Waals surface area contributed by atoms with Crippen LogP contribution in [0.4, 0.5) is 0 Å². The summed E-state index contributed by atoms with van der Waals surface area (Å²) in [4.78, 5) is 0. The lowest BCUT2D eigenvalue weighted by Gasteiger charge is -2.41. The van der Waals surface area contributed by atoms with Crippen molar-refractivity contribution in [3.8, 4) is 0 Å². The topological polar surface area (TPSA) is 26.0 Å². The van der Waals surface area contributed by atoms with E-state index >= 15 is 0 Å². The molecule has 1 aliphatic carbocycles. The molecular weight excluding hydrogens is 166 g/mol.